The lowest BCUT2D eigenvalue weighted by molar-refractivity contribution is 0.102. The maximum atomic E-state index is 14.8. The second kappa shape index (κ2) is 8.34. The molecule has 0 bridgehead atoms. The highest BCUT2D eigenvalue weighted by molar-refractivity contribution is 6.39. The molecule has 0 aliphatic rings. The highest BCUT2D eigenvalue weighted by Crippen LogP contribution is 2.33. The quantitative estimate of drug-likeness (QED) is 0.357. The zero-order valence-electron chi connectivity index (χ0n) is 16.3. The van der Waals surface area contributed by atoms with Crippen molar-refractivity contribution in [3.8, 4) is 0 Å². The van der Waals surface area contributed by atoms with E-state index in [0.717, 1.165) is 5.56 Å². The molecule has 0 unspecified atom stereocenters. The van der Waals surface area contributed by atoms with Crippen LogP contribution in [0.3, 0.4) is 0 Å². The number of pyridine rings is 1. The summed E-state index contributed by atoms with van der Waals surface area (Å²) in [5.41, 5.74) is 1.95. The fourth-order valence-electron chi connectivity index (χ4n) is 3.02. The van der Waals surface area contributed by atoms with Crippen LogP contribution < -0.4 is 10.6 Å². The summed E-state index contributed by atoms with van der Waals surface area (Å²) in [6.45, 7) is 1.78. The van der Waals surface area contributed by atoms with Gasteiger partial charge in [-0.25, -0.2) is 14.4 Å². The van der Waals surface area contributed by atoms with Crippen molar-refractivity contribution >= 4 is 69.2 Å². The number of carbonyl (C=O) groups is 1. The number of aromatic nitrogens is 3. The number of para-hydroxylation sites is 1. The van der Waals surface area contributed by atoms with Gasteiger partial charge in [0.25, 0.3) is 5.91 Å². The summed E-state index contributed by atoms with van der Waals surface area (Å²) >= 11 is 18.4. The van der Waals surface area contributed by atoms with Crippen molar-refractivity contribution in [1.29, 1.82) is 0 Å². The molecule has 2 aromatic carbocycles. The molecule has 31 heavy (non-hydrogen) atoms. The molecule has 0 atom stereocenters. The minimum absolute atomic E-state index is 0.165. The number of benzene rings is 2. The molecule has 2 aromatic heterocycles. The Morgan fingerprint density at radius 2 is 1.81 bits per heavy atom. The molecular formula is C21H15Cl3FN5O. The molecule has 4 aromatic rings. The van der Waals surface area contributed by atoms with E-state index in [9.17, 15) is 9.18 Å². The number of anilines is 3. The molecule has 0 aliphatic heterocycles. The lowest BCUT2D eigenvalue weighted by Gasteiger charge is -2.09. The Kier molecular flexibility index (Phi) is 5.75. The molecule has 6 nitrogen and oxygen atoms in total. The average molecular weight is 479 g/mol. The number of hydrogen-bond donors (Lipinski definition) is 2. The number of nitrogens with zero attached hydrogens (tertiary/aromatic N) is 3. The Bertz CT molecular complexity index is 1320. The molecule has 0 fully saturated rings. The van der Waals surface area contributed by atoms with Crippen LogP contribution in [0, 0.1) is 12.7 Å². The van der Waals surface area contributed by atoms with Gasteiger partial charge in [-0.05, 0) is 36.8 Å². The van der Waals surface area contributed by atoms with E-state index in [-0.39, 0.29) is 11.4 Å². The van der Waals surface area contributed by atoms with Gasteiger partial charge in [0.1, 0.15) is 11.6 Å². The third kappa shape index (κ3) is 4.17. The first-order valence-electron chi connectivity index (χ1n) is 9.05. The van der Waals surface area contributed by atoms with E-state index in [1.807, 2.05) is 0 Å². The van der Waals surface area contributed by atoms with Gasteiger partial charge in [-0.15, -0.1) is 0 Å². The van der Waals surface area contributed by atoms with Crippen molar-refractivity contribution < 1.29 is 9.18 Å². The fraction of sp³-hybridized carbons (Fsp3) is 0.0952. The van der Waals surface area contributed by atoms with E-state index in [0.29, 0.717) is 37.7 Å². The standard InChI is InChI=1S/C21H15Cl3FN5O/c1-10-6-18(26-9-14(10)24)28-20(31)11-7-16-17(8-15(11)25)30(2)21(27-16)29-19-12(22)4-3-5-13(19)23/h3-9H,1-2H3,(H,27,29)(H,26,28,31). The summed E-state index contributed by atoms with van der Waals surface area (Å²) in [4.78, 5) is 21.1. The number of carbonyl (C=O) groups excluding carboxylic acids is 1. The van der Waals surface area contributed by atoms with Gasteiger partial charge in [-0.2, -0.15) is 0 Å². The Hall–Kier alpha value is -2.87. The Morgan fingerprint density at radius 1 is 1.10 bits per heavy atom. The van der Waals surface area contributed by atoms with Gasteiger partial charge in [0, 0.05) is 19.3 Å². The van der Waals surface area contributed by atoms with E-state index >= 15 is 0 Å². The number of rotatable bonds is 4. The molecule has 4 rings (SSSR count). The van der Waals surface area contributed by atoms with Crippen LogP contribution in [0.1, 0.15) is 15.9 Å². The minimum atomic E-state index is -0.694. The topological polar surface area (TPSA) is 71.8 Å². The summed E-state index contributed by atoms with van der Waals surface area (Å²) in [5.74, 6) is -0.691. The Morgan fingerprint density at radius 3 is 2.48 bits per heavy atom. The average Bonchev–Trinajstić information content (AvgIpc) is 3.02. The Labute approximate surface area is 192 Å². The molecule has 158 valence electrons. The van der Waals surface area contributed by atoms with Crippen LogP contribution in [0.25, 0.3) is 11.0 Å². The van der Waals surface area contributed by atoms with Crippen molar-refractivity contribution in [2.24, 2.45) is 7.05 Å². The summed E-state index contributed by atoms with van der Waals surface area (Å²) in [6, 6.07) is 9.33. The van der Waals surface area contributed by atoms with Gasteiger partial charge in [0.2, 0.25) is 5.95 Å². The highest BCUT2D eigenvalue weighted by Gasteiger charge is 2.18. The highest BCUT2D eigenvalue weighted by atomic mass is 35.5. The first kappa shape index (κ1) is 21.4. The second-order valence-corrected chi connectivity index (χ2v) is 8.03. The summed E-state index contributed by atoms with van der Waals surface area (Å²) in [6.07, 6.45) is 1.42. The fourth-order valence-corrected chi connectivity index (χ4v) is 3.61. The van der Waals surface area contributed by atoms with Crippen LogP contribution in [-0.2, 0) is 7.05 Å². The van der Waals surface area contributed by atoms with E-state index in [2.05, 4.69) is 20.6 Å². The van der Waals surface area contributed by atoms with Gasteiger partial charge >= 0.3 is 0 Å². The number of imidazole rings is 1. The molecule has 0 radical (unpaired) electrons. The molecule has 1 amide bonds. The van der Waals surface area contributed by atoms with E-state index < -0.39 is 11.7 Å². The number of nitrogens with one attached hydrogen (secondary N) is 2. The summed E-state index contributed by atoms with van der Waals surface area (Å²) in [5, 5.41) is 6.93. The van der Waals surface area contributed by atoms with Gasteiger partial charge in [-0.3, -0.25) is 4.79 Å². The molecule has 0 spiro atoms. The zero-order chi connectivity index (χ0) is 22.3. The van der Waals surface area contributed by atoms with Crippen molar-refractivity contribution in [3.63, 3.8) is 0 Å². The zero-order valence-corrected chi connectivity index (χ0v) is 18.6. The van der Waals surface area contributed by atoms with Crippen LogP contribution in [0.15, 0.2) is 42.6 Å². The molecule has 2 N–H and O–H groups in total. The summed E-state index contributed by atoms with van der Waals surface area (Å²) < 4.78 is 16.4. The van der Waals surface area contributed by atoms with Crippen molar-refractivity contribution in [3.05, 3.63) is 74.6 Å². The maximum Gasteiger partial charge on any atom is 0.259 e. The lowest BCUT2D eigenvalue weighted by Crippen LogP contribution is -2.15. The second-order valence-electron chi connectivity index (χ2n) is 6.81. The molecular weight excluding hydrogens is 464 g/mol. The molecule has 0 aliphatic carbocycles. The van der Waals surface area contributed by atoms with Gasteiger partial charge in [-0.1, -0.05) is 40.9 Å². The molecule has 0 saturated heterocycles. The first-order valence-corrected chi connectivity index (χ1v) is 10.2. The van der Waals surface area contributed by atoms with Crippen LogP contribution >= 0.6 is 34.8 Å². The normalized spacial score (nSPS) is 11.0. The van der Waals surface area contributed by atoms with Crippen molar-refractivity contribution in [1.82, 2.24) is 14.5 Å². The molecule has 0 saturated carbocycles. The van der Waals surface area contributed by atoms with Crippen LogP contribution in [0.4, 0.5) is 21.8 Å². The van der Waals surface area contributed by atoms with Gasteiger partial charge in [0.15, 0.2) is 0 Å². The maximum absolute atomic E-state index is 14.8. The third-order valence-corrected chi connectivity index (χ3v) is 5.73. The van der Waals surface area contributed by atoms with Crippen LogP contribution in [-0.4, -0.2) is 20.4 Å². The predicted molar refractivity (Wildman–Crippen MR) is 122 cm³/mol. The van der Waals surface area contributed by atoms with E-state index in [1.165, 1.54) is 18.3 Å². The largest absolute Gasteiger partial charge is 0.323 e. The number of amides is 1. The lowest BCUT2D eigenvalue weighted by atomic mass is 10.1. The number of halogens is 4. The first-order chi connectivity index (χ1) is 14.7. The number of fused-ring (bicyclic) bond motifs is 1. The smallest absolute Gasteiger partial charge is 0.259 e. The summed E-state index contributed by atoms with van der Waals surface area (Å²) in [7, 11) is 1.71. The van der Waals surface area contributed by atoms with Gasteiger partial charge < -0.3 is 15.2 Å². The predicted octanol–water partition coefficient (Wildman–Crippen LogP) is 6.37. The monoisotopic (exact) mass is 477 g/mol. The van der Waals surface area contributed by atoms with Crippen molar-refractivity contribution in [2.45, 2.75) is 6.92 Å². The van der Waals surface area contributed by atoms with E-state index in [1.54, 1.807) is 42.8 Å². The van der Waals surface area contributed by atoms with Crippen LogP contribution in [0.2, 0.25) is 15.1 Å². The number of aryl methyl sites for hydroxylation is 2. The van der Waals surface area contributed by atoms with Crippen LogP contribution in [0.5, 0.6) is 0 Å². The van der Waals surface area contributed by atoms with Gasteiger partial charge in [0.05, 0.1) is 37.4 Å². The third-order valence-electron chi connectivity index (χ3n) is 4.70. The SMILES string of the molecule is Cc1cc(NC(=O)c2cc3nc(Nc4c(Cl)cccc4Cl)n(C)c3cc2F)ncc1Cl. The van der Waals surface area contributed by atoms with Crippen molar-refractivity contribution in [2.75, 3.05) is 10.6 Å². The Balaban J connectivity index is 1.68. The number of hydrogen-bond acceptors (Lipinski definition) is 4. The van der Waals surface area contributed by atoms with E-state index in [4.69, 9.17) is 34.8 Å². The molecule has 2 heterocycles. The molecule has 10 heteroatoms. The minimum Gasteiger partial charge on any atom is -0.323 e.